The first kappa shape index (κ1) is 17.8. The molecule has 29 heavy (non-hydrogen) atoms. The number of nitrogens with zero attached hydrogens (tertiary/aromatic N) is 6. The predicted molar refractivity (Wildman–Crippen MR) is 108 cm³/mol. The van der Waals surface area contributed by atoms with Gasteiger partial charge in [-0.05, 0) is 42.8 Å². The molecular weight excluding hydrogens is 391 g/mol. The van der Waals surface area contributed by atoms with Crippen LogP contribution < -0.4 is 0 Å². The van der Waals surface area contributed by atoms with E-state index in [0.717, 1.165) is 11.3 Å². The van der Waals surface area contributed by atoms with E-state index in [1.807, 2.05) is 31.5 Å². The second-order valence-corrected chi connectivity index (χ2v) is 7.34. The zero-order valence-electron chi connectivity index (χ0n) is 15.5. The Balaban J connectivity index is 1.54. The molecule has 5 heterocycles. The van der Waals surface area contributed by atoms with E-state index in [-0.39, 0.29) is 11.7 Å². The standard InChI is InChI=1S/C21H16ClFN6/c1-13(28-8-6-19-14(11-28)3-2-7-24-19)20-26-27-21-17(23)9-15(12-29(20)21)18-5-4-16(22)10-25-18/h2-10,12-13H,11H2,1H3/t13-/m1/s1. The monoisotopic (exact) mass is 406 g/mol. The lowest BCUT2D eigenvalue weighted by Gasteiger charge is -2.29. The molecule has 0 radical (unpaired) electrons. The molecule has 5 rings (SSSR count). The zero-order valence-corrected chi connectivity index (χ0v) is 16.3. The summed E-state index contributed by atoms with van der Waals surface area (Å²) in [6.45, 7) is 2.71. The highest BCUT2D eigenvalue weighted by Gasteiger charge is 2.23. The van der Waals surface area contributed by atoms with E-state index in [9.17, 15) is 4.39 Å². The van der Waals surface area contributed by atoms with Crippen molar-refractivity contribution in [2.75, 3.05) is 0 Å². The molecule has 1 aliphatic heterocycles. The van der Waals surface area contributed by atoms with Crippen LogP contribution in [0.15, 0.2) is 55.1 Å². The molecule has 0 aromatic carbocycles. The van der Waals surface area contributed by atoms with Crippen molar-refractivity contribution in [3.8, 4) is 11.3 Å². The SMILES string of the molecule is C[C@H](c1nnc2c(F)cc(-c3ccc(Cl)cn3)cn12)N1C=Cc2ncccc2C1. The van der Waals surface area contributed by atoms with Crippen LogP contribution in [0.5, 0.6) is 0 Å². The van der Waals surface area contributed by atoms with Crippen molar-refractivity contribution in [2.45, 2.75) is 19.5 Å². The first-order chi connectivity index (χ1) is 14.1. The molecule has 0 amide bonds. The average Bonchev–Trinajstić information content (AvgIpc) is 3.18. The van der Waals surface area contributed by atoms with Gasteiger partial charge in [0, 0.05) is 36.9 Å². The molecule has 0 unspecified atom stereocenters. The van der Waals surface area contributed by atoms with Crippen molar-refractivity contribution < 1.29 is 4.39 Å². The summed E-state index contributed by atoms with van der Waals surface area (Å²) in [5.74, 6) is 0.195. The fourth-order valence-electron chi connectivity index (χ4n) is 3.51. The van der Waals surface area contributed by atoms with Gasteiger partial charge in [0.15, 0.2) is 17.3 Å². The van der Waals surface area contributed by atoms with Crippen molar-refractivity contribution >= 4 is 23.3 Å². The molecule has 0 N–H and O–H groups in total. The smallest absolute Gasteiger partial charge is 0.197 e. The predicted octanol–water partition coefficient (Wildman–Crippen LogP) is 4.53. The van der Waals surface area contributed by atoms with Crippen molar-refractivity contribution in [3.63, 3.8) is 0 Å². The molecular formula is C21H16ClFN6. The molecule has 6 nitrogen and oxygen atoms in total. The summed E-state index contributed by atoms with van der Waals surface area (Å²) in [5, 5.41) is 8.87. The second-order valence-electron chi connectivity index (χ2n) is 6.90. The van der Waals surface area contributed by atoms with E-state index < -0.39 is 5.82 Å². The molecule has 0 saturated heterocycles. The van der Waals surface area contributed by atoms with Crippen molar-refractivity contribution in [3.05, 3.63) is 83.0 Å². The van der Waals surface area contributed by atoms with Gasteiger partial charge in [0.1, 0.15) is 0 Å². The first-order valence-corrected chi connectivity index (χ1v) is 9.52. The van der Waals surface area contributed by atoms with Crippen LogP contribution in [0.2, 0.25) is 5.02 Å². The lowest BCUT2D eigenvalue weighted by atomic mass is 10.1. The van der Waals surface area contributed by atoms with E-state index in [0.29, 0.717) is 28.6 Å². The average molecular weight is 407 g/mol. The third-order valence-corrected chi connectivity index (χ3v) is 5.31. The molecule has 0 saturated carbocycles. The molecule has 0 spiro atoms. The molecule has 0 fully saturated rings. The Morgan fingerprint density at radius 1 is 1.17 bits per heavy atom. The van der Waals surface area contributed by atoms with Crippen LogP contribution in [0.3, 0.4) is 0 Å². The normalized spacial score (nSPS) is 14.2. The van der Waals surface area contributed by atoms with E-state index in [1.165, 1.54) is 6.07 Å². The van der Waals surface area contributed by atoms with E-state index >= 15 is 0 Å². The Bertz CT molecular complexity index is 1230. The third-order valence-electron chi connectivity index (χ3n) is 5.08. The maximum atomic E-state index is 14.7. The van der Waals surface area contributed by atoms with Crippen LogP contribution in [-0.4, -0.2) is 29.5 Å². The fraction of sp³-hybridized carbons (Fsp3) is 0.143. The number of halogens is 2. The lowest BCUT2D eigenvalue weighted by Crippen LogP contribution is -2.25. The Hall–Kier alpha value is -3.32. The van der Waals surface area contributed by atoms with Gasteiger partial charge in [-0.25, -0.2) is 4.39 Å². The van der Waals surface area contributed by atoms with Gasteiger partial charge in [0.05, 0.1) is 22.5 Å². The maximum Gasteiger partial charge on any atom is 0.197 e. The van der Waals surface area contributed by atoms with Crippen LogP contribution >= 0.6 is 11.6 Å². The Labute approximate surface area is 171 Å². The molecule has 8 heteroatoms. The number of rotatable bonds is 3. The van der Waals surface area contributed by atoms with E-state index in [4.69, 9.17) is 11.6 Å². The van der Waals surface area contributed by atoms with Gasteiger partial charge in [-0.3, -0.25) is 14.4 Å². The lowest BCUT2D eigenvalue weighted by molar-refractivity contribution is 0.276. The van der Waals surface area contributed by atoms with E-state index in [1.54, 1.807) is 28.9 Å². The van der Waals surface area contributed by atoms with Gasteiger partial charge in [-0.2, -0.15) is 0 Å². The number of hydrogen-bond donors (Lipinski definition) is 0. The molecule has 0 bridgehead atoms. The minimum Gasteiger partial charge on any atom is -0.363 e. The first-order valence-electron chi connectivity index (χ1n) is 9.14. The van der Waals surface area contributed by atoms with Crippen LogP contribution in [0.1, 0.15) is 30.0 Å². The van der Waals surface area contributed by atoms with Crippen LogP contribution in [0, 0.1) is 5.82 Å². The number of aromatic nitrogens is 5. The maximum absolute atomic E-state index is 14.7. The molecule has 4 aromatic rings. The highest BCUT2D eigenvalue weighted by Crippen LogP contribution is 2.28. The molecule has 144 valence electrons. The van der Waals surface area contributed by atoms with Gasteiger partial charge in [-0.15, -0.1) is 10.2 Å². The van der Waals surface area contributed by atoms with Crippen molar-refractivity contribution in [1.82, 2.24) is 29.5 Å². The van der Waals surface area contributed by atoms with Crippen LogP contribution in [-0.2, 0) is 6.54 Å². The highest BCUT2D eigenvalue weighted by atomic mass is 35.5. The van der Waals surface area contributed by atoms with Gasteiger partial charge in [0.25, 0.3) is 0 Å². The van der Waals surface area contributed by atoms with Crippen molar-refractivity contribution in [1.29, 1.82) is 0 Å². The topological polar surface area (TPSA) is 59.2 Å². The summed E-state index contributed by atoms with van der Waals surface area (Å²) in [4.78, 5) is 10.8. The fourth-order valence-corrected chi connectivity index (χ4v) is 3.62. The largest absolute Gasteiger partial charge is 0.363 e. The number of pyridine rings is 3. The molecule has 1 atom stereocenters. The molecule has 1 aliphatic rings. The van der Waals surface area contributed by atoms with Gasteiger partial charge in [0.2, 0.25) is 0 Å². The minimum absolute atomic E-state index is 0.123. The highest BCUT2D eigenvalue weighted by molar-refractivity contribution is 6.30. The van der Waals surface area contributed by atoms with Gasteiger partial charge in [-0.1, -0.05) is 17.7 Å². The summed E-state index contributed by atoms with van der Waals surface area (Å²) in [5.41, 5.74) is 3.54. The van der Waals surface area contributed by atoms with Crippen LogP contribution in [0.25, 0.3) is 23.0 Å². The molecule has 4 aromatic heterocycles. The number of fused-ring (bicyclic) bond motifs is 2. The van der Waals surface area contributed by atoms with Crippen molar-refractivity contribution in [2.24, 2.45) is 0 Å². The summed E-state index contributed by atoms with van der Waals surface area (Å²) in [6, 6.07) is 8.75. The molecule has 0 aliphatic carbocycles. The van der Waals surface area contributed by atoms with E-state index in [2.05, 4.69) is 31.1 Å². The Morgan fingerprint density at radius 3 is 2.90 bits per heavy atom. The summed E-state index contributed by atoms with van der Waals surface area (Å²) < 4.78 is 16.4. The zero-order chi connectivity index (χ0) is 20.0. The third kappa shape index (κ3) is 3.13. The van der Waals surface area contributed by atoms with Gasteiger partial charge >= 0.3 is 0 Å². The number of hydrogen-bond acceptors (Lipinski definition) is 5. The summed E-state index contributed by atoms with van der Waals surface area (Å²) in [7, 11) is 0. The summed E-state index contributed by atoms with van der Waals surface area (Å²) >= 11 is 5.92. The Morgan fingerprint density at radius 2 is 2.07 bits per heavy atom. The Kier molecular flexibility index (Phi) is 4.24. The minimum atomic E-state index is -0.450. The van der Waals surface area contributed by atoms with Gasteiger partial charge < -0.3 is 4.90 Å². The quantitative estimate of drug-likeness (QED) is 0.500. The summed E-state index contributed by atoms with van der Waals surface area (Å²) in [6.07, 6.45) is 9.09. The second kappa shape index (κ2) is 6.93. The van der Waals surface area contributed by atoms with Crippen LogP contribution in [0.4, 0.5) is 4.39 Å².